The van der Waals surface area contributed by atoms with E-state index in [0.717, 1.165) is 18.2 Å². The Kier molecular flexibility index (Phi) is 5.77. The Morgan fingerprint density at radius 3 is 2.53 bits per heavy atom. The van der Waals surface area contributed by atoms with Crippen LogP contribution < -0.4 is 5.32 Å². The summed E-state index contributed by atoms with van der Waals surface area (Å²) in [5.74, 6) is -5.11. The highest BCUT2D eigenvalue weighted by Gasteiger charge is 2.24. The predicted octanol–water partition coefficient (Wildman–Crippen LogP) is 3.25. The predicted molar refractivity (Wildman–Crippen MR) is 98.7 cm³/mol. The number of carbonyl (C=O) groups is 2. The van der Waals surface area contributed by atoms with Crippen molar-refractivity contribution in [3.05, 3.63) is 76.7 Å². The maximum Gasteiger partial charge on any atom is 0.305 e. The third-order valence-electron chi connectivity index (χ3n) is 4.43. The summed E-state index contributed by atoms with van der Waals surface area (Å²) in [5.41, 5.74) is -0.207. The van der Waals surface area contributed by atoms with Gasteiger partial charge in [0.2, 0.25) is 5.88 Å². The molecule has 0 radical (unpaired) electrons. The van der Waals surface area contributed by atoms with Crippen LogP contribution in [-0.2, 0) is 4.79 Å². The Hall–Kier alpha value is -3.82. The normalized spacial score (nSPS) is 11.9. The summed E-state index contributed by atoms with van der Waals surface area (Å²) in [6.07, 6.45) is -0.532. The molecule has 0 fully saturated rings. The third-order valence-corrected chi connectivity index (χ3v) is 4.43. The first kappa shape index (κ1) is 20.9. The fraction of sp³-hybridized carbons (Fsp3) is 0.150. The molecule has 0 aliphatic rings. The molecule has 1 heterocycles. The number of aliphatic carboxylic acids is 1. The number of nitrogens with one attached hydrogen (secondary N) is 1. The van der Waals surface area contributed by atoms with E-state index in [1.54, 1.807) is 0 Å². The van der Waals surface area contributed by atoms with Gasteiger partial charge in [-0.15, -0.1) is 0 Å². The minimum absolute atomic E-state index is 0.172. The van der Waals surface area contributed by atoms with Crippen molar-refractivity contribution in [3.63, 3.8) is 0 Å². The quantitative estimate of drug-likeness (QED) is 0.569. The van der Waals surface area contributed by atoms with Gasteiger partial charge in [0.15, 0.2) is 11.5 Å². The zero-order chi connectivity index (χ0) is 22.0. The van der Waals surface area contributed by atoms with Crippen LogP contribution >= 0.6 is 0 Å². The summed E-state index contributed by atoms with van der Waals surface area (Å²) in [4.78, 5) is 23.8. The van der Waals surface area contributed by atoms with Crippen LogP contribution in [0.1, 0.15) is 34.1 Å². The second-order valence-corrected chi connectivity index (χ2v) is 6.47. The highest BCUT2D eigenvalue weighted by Crippen LogP contribution is 2.25. The molecule has 0 saturated heterocycles. The number of rotatable bonds is 6. The van der Waals surface area contributed by atoms with Crippen molar-refractivity contribution >= 4 is 11.9 Å². The summed E-state index contributed by atoms with van der Waals surface area (Å²) in [7, 11) is 0. The lowest BCUT2D eigenvalue weighted by atomic mass is 9.98. The van der Waals surface area contributed by atoms with Crippen molar-refractivity contribution < 1.29 is 33.0 Å². The lowest BCUT2D eigenvalue weighted by Crippen LogP contribution is -2.31. The lowest BCUT2D eigenvalue weighted by Gasteiger charge is -2.19. The Balaban J connectivity index is 1.91. The summed E-state index contributed by atoms with van der Waals surface area (Å²) in [6.45, 7) is 1.45. The maximum absolute atomic E-state index is 14.0. The van der Waals surface area contributed by atoms with Crippen LogP contribution in [-0.4, -0.2) is 31.9 Å². The number of benzene rings is 2. The molecule has 10 heteroatoms. The monoisotopic (exact) mass is 419 g/mol. The highest BCUT2D eigenvalue weighted by atomic mass is 19.1. The topological polar surface area (TPSA) is 104 Å². The van der Waals surface area contributed by atoms with E-state index in [-0.39, 0.29) is 22.5 Å². The van der Waals surface area contributed by atoms with Crippen LogP contribution in [0.4, 0.5) is 13.2 Å². The van der Waals surface area contributed by atoms with Crippen LogP contribution in [0.15, 0.2) is 42.5 Å². The second kappa shape index (κ2) is 8.27. The molecule has 30 heavy (non-hydrogen) atoms. The van der Waals surface area contributed by atoms with Gasteiger partial charge >= 0.3 is 5.97 Å². The number of aromatic hydroxyl groups is 1. The molecule has 1 unspecified atom stereocenters. The SMILES string of the molecule is Cc1c(F)cccc1C(CC(=O)O)NC(=O)c1cc(O)n(-c2ccc(F)cc2F)n1. The van der Waals surface area contributed by atoms with E-state index in [1.165, 1.54) is 25.1 Å². The molecule has 0 aliphatic heterocycles. The average molecular weight is 419 g/mol. The number of aromatic nitrogens is 2. The first-order valence-corrected chi connectivity index (χ1v) is 8.69. The molecule has 0 aliphatic carbocycles. The van der Waals surface area contributed by atoms with Crippen molar-refractivity contribution in [2.75, 3.05) is 0 Å². The number of halogens is 3. The molecule has 1 aromatic heterocycles. The van der Waals surface area contributed by atoms with Crippen molar-refractivity contribution in [2.24, 2.45) is 0 Å². The molecule has 7 nitrogen and oxygen atoms in total. The molecule has 0 spiro atoms. The van der Waals surface area contributed by atoms with E-state index in [0.29, 0.717) is 10.7 Å². The van der Waals surface area contributed by atoms with E-state index in [1.807, 2.05) is 0 Å². The van der Waals surface area contributed by atoms with Crippen LogP contribution in [0, 0.1) is 24.4 Å². The first-order chi connectivity index (χ1) is 14.2. The second-order valence-electron chi connectivity index (χ2n) is 6.47. The minimum Gasteiger partial charge on any atom is -0.493 e. The summed E-state index contributed by atoms with van der Waals surface area (Å²) < 4.78 is 41.6. The number of amides is 1. The number of carboxylic acid groups (broad SMARTS) is 1. The van der Waals surface area contributed by atoms with Gasteiger partial charge in [-0.2, -0.15) is 9.78 Å². The summed E-state index contributed by atoms with van der Waals surface area (Å²) in [6, 6.07) is 6.50. The maximum atomic E-state index is 14.0. The van der Waals surface area contributed by atoms with Gasteiger partial charge in [-0.3, -0.25) is 9.59 Å². The zero-order valence-corrected chi connectivity index (χ0v) is 15.6. The molecule has 3 N–H and O–H groups in total. The number of hydrogen-bond donors (Lipinski definition) is 3. The lowest BCUT2D eigenvalue weighted by molar-refractivity contribution is -0.137. The molecule has 3 rings (SSSR count). The minimum atomic E-state index is -1.23. The Morgan fingerprint density at radius 2 is 1.87 bits per heavy atom. The van der Waals surface area contributed by atoms with Gasteiger partial charge in [0.05, 0.1) is 12.5 Å². The Bertz CT molecular complexity index is 1130. The average Bonchev–Trinajstić information content (AvgIpc) is 3.05. The smallest absolute Gasteiger partial charge is 0.305 e. The Labute approximate surface area is 168 Å². The van der Waals surface area contributed by atoms with Crippen LogP contribution in [0.3, 0.4) is 0 Å². The van der Waals surface area contributed by atoms with Crippen LogP contribution in [0.25, 0.3) is 5.69 Å². The van der Waals surface area contributed by atoms with Crippen molar-refractivity contribution in [1.82, 2.24) is 15.1 Å². The molecule has 1 amide bonds. The molecular formula is C20H16F3N3O4. The van der Waals surface area contributed by atoms with E-state index in [2.05, 4.69) is 10.4 Å². The fourth-order valence-corrected chi connectivity index (χ4v) is 2.96. The van der Waals surface area contributed by atoms with Gasteiger partial charge in [-0.05, 0) is 36.2 Å². The van der Waals surface area contributed by atoms with Gasteiger partial charge in [0.25, 0.3) is 5.91 Å². The van der Waals surface area contributed by atoms with E-state index in [9.17, 15) is 27.9 Å². The van der Waals surface area contributed by atoms with Gasteiger partial charge in [0, 0.05) is 12.1 Å². The highest BCUT2D eigenvalue weighted by molar-refractivity contribution is 5.93. The van der Waals surface area contributed by atoms with E-state index in [4.69, 9.17) is 5.11 Å². The molecule has 156 valence electrons. The van der Waals surface area contributed by atoms with Gasteiger partial charge < -0.3 is 15.5 Å². The number of carbonyl (C=O) groups excluding carboxylic acids is 1. The fourth-order valence-electron chi connectivity index (χ4n) is 2.96. The zero-order valence-electron chi connectivity index (χ0n) is 15.6. The number of nitrogens with zero attached hydrogens (tertiary/aromatic N) is 2. The third kappa shape index (κ3) is 4.27. The van der Waals surface area contributed by atoms with Crippen molar-refractivity contribution in [1.29, 1.82) is 0 Å². The van der Waals surface area contributed by atoms with Crippen molar-refractivity contribution in [3.8, 4) is 11.6 Å². The summed E-state index contributed by atoms with van der Waals surface area (Å²) >= 11 is 0. The summed E-state index contributed by atoms with van der Waals surface area (Å²) in [5, 5.41) is 25.4. The van der Waals surface area contributed by atoms with E-state index >= 15 is 0 Å². The molecule has 3 aromatic rings. The molecule has 0 saturated carbocycles. The largest absolute Gasteiger partial charge is 0.493 e. The molecular weight excluding hydrogens is 403 g/mol. The molecule has 1 atom stereocenters. The number of hydrogen-bond acceptors (Lipinski definition) is 4. The van der Waals surface area contributed by atoms with Crippen LogP contribution in [0.2, 0.25) is 0 Å². The Morgan fingerprint density at radius 1 is 1.13 bits per heavy atom. The van der Waals surface area contributed by atoms with Crippen molar-refractivity contribution in [2.45, 2.75) is 19.4 Å². The van der Waals surface area contributed by atoms with Crippen LogP contribution in [0.5, 0.6) is 5.88 Å². The standard InChI is InChI=1S/C20H16F3N3O4/c1-10-12(3-2-4-13(10)22)15(9-19(28)29)24-20(30)16-8-18(27)26(25-16)17-6-5-11(21)7-14(17)23/h2-8,15,27H,9H2,1H3,(H,24,30)(H,28,29). The number of carboxylic acids is 1. The van der Waals surface area contributed by atoms with Gasteiger partial charge in [0.1, 0.15) is 17.3 Å². The van der Waals surface area contributed by atoms with E-state index < -0.39 is 47.7 Å². The first-order valence-electron chi connectivity index (χ1n) is 8.69. The van der Waals surface area contributed by atoms with Gasteiger partial charge in [-0.25, -0.2) is 13.2 Å². The molecule has 0 bridgehead atoms. The van der Waals surface area contributed by atoms with Gasteiger partial charge in [-0.1, -0.05) is 12.1 Å². The molecule has 2 aromatic carbocycles.